The van der Waals surface area contributed by atoms with E-state index in [0.717, 1.165) is 12.3 Å². The highest BCUT2D eigenvalue weighted by atomic mass is 32.2. The molecule has 1 N–H and O–H groups in total. The van der Waals surface area contributed by atoms with Gasteiger partial charge in [0.1, 0.15) is 0 Å². The van der Waals surface area contributed by atoms with Crippen LogP contribution in [0.3, 0.4) is 0 Å². The zero-order valence-corrected chi connectivity index (χ0v) is 11.4. The molecule has 1 aromatic rings. The summed E-state index contributed by atoms with van der Waals surface area (Å²) >= 11 is 2.02. The molecule has 1 heterocycles. The molecule has 3 nitrogen and oxygen atoms in total. The largest absolute Gasteiger partial charge is 0.308 e. The van der Waals surface area contributed by atoms with Gasteiger partial charge in [-0.25, -0.2) is 0 Å². The van der Waals surface area contributed by atoms with Crippen molar-refractivity contribution in [3.63, 3.8) is 0 Å². The van der Waals surface area contributed by atoms with Crippen LogP contribution in [-0.4, -0.2) is 27.8 Å². The molecular weight excluding hydrogens is 218 g/mol. The van der Waals surface area contributed by atoms with Gasteiger partial charge >= 0.3 is 0 Å². The number of nitrogens with zero attached hydrogens (tertiary/aromatic N) is 2. The van der Waals surface area contributed by atoms with E-state index in [0.29, 0.717) is 6.04 Å². The van der Waals surface area contributed by atoms with Gasteiger partial charge in [0.2, 0.25) is 0 Å². The van der Waals surface area contributed by atoms with E-state index in [9.17, 15) is 0 Å². The van der Waals surface area contributed by atoms with E-state index in [2.05, 4.69) is 30.3 Å². The number of thioether (sulfide) groups is 1. The summed E-state index contributed by atoms with van der Waals surface area (Å²) in [6, 6.07) is 2.55. The van der Waals surface area contributed by atoms with Gasteiger partial charge in [-0.05, 0) is 31.2 Å². The average molecular weight is 241 g/mol. The van der Waals surface area contributed by atoms with Crippen LogP contribution in [-0.2, 0) is 7.05 Å². The fourth-order valence-corrected chi connectivity index (χ4v) is 2.62. The number of rotatable bonds is 8. The summed E-state index contributed by atoms with van der Waals surface area (Å²) in [6.45, 7) is 5.50. The molecule has 0 aromatic carbocycles. The Morgan fingerprint density at radius 1 is 1.44 bits per heavy atom. The lowest BCUT2D eigenvalue weighted by Crippen LogP contribution is -2.26. The predicted octanol–water partition coefficient (Wildman–Crippen LogP) is 2.60. The standard InChI is InChI=1S/C12H23N3S/c1-4-7-13-11(10-16-9-5-2)12-6-8-14-15(12)3/h6,8,11,13H,4-5,7,9-10H2,1-3H3. The predicted molar refractivity (Wildman–Crippen MR) is 71.9 cm³/mol. The van der Waals surface area contributed by atoms with Crippen molar-refractivity contribution < 1.29 is 0 Å². The van der Waals surface area contributed by atoms with Crippen LogP contribution >= 0.6 is 11.8 Å². The third-order valence-electron chi connectivity index (χ3n) is 2.49. The van der Waals surface area contributed by atoms with Crippen molar-refractivity contribution in [1.82, 2.24) is 15.1 Å². The van der Waals surface area contributed by atoms with E-state index in [4.69, 9.17) is 0 Å². The molecule has 0 saturated carbocycles. The minimum atomic E-state index is 0.434. The molecule has 0 saturated heterocycles. The molecule has 0 aliphatic heterocycles. The first-order valence-electron chi connectivity index (χ1n) is 6.08. The second-order valence-corrected chi connectivity index (χ2v) is 5.11. The maximum atomic E-state index is 4.24. The summed E-state index contributed by atoms with van der Waals surface area (Å²) in [6.07, 6.45) is 4.30. The topological polar surface area (TPSA) is 29.9 Å². The Bertz CT molecular complexity index is 286. The van der Waals surface area contributed by atoms with Gasteiger partial charge in [0.25, 0.3) is 0 Å². The lowest BCUT2D eigenvalue weighted by atomic mass is 10.2. The van der Waals surface area contributed by atoms with E-state index in [1.54, 1.807) is 0 Å². The van der Waals surface area contributed by atoms with Crippen LogP contribution in [0.2, 0.25) is 0 Å². The third-order valence-corrected chi connectivity index (χ3v) is 3.76. The summed E-state index contributed by atoms with van der Waals surface area (Å²) in [4.78, 5) is 0. The van der Waals surface area contributed by atoms with Crippen molar-refractivity contribution in [2.45, 2.75) is 32.7 Å². The molecule has 0 bridgehead atoms. The number of aromatic nitrogens is 2. The highest BCUT2D eigenvalue weighted by Crippen LogP contribution is 2.18. The van der Waals surface area contributed by atoms with Gasteiger partial charge in [-0.3, -0.25) is 4.68 Å². The van der Waals surface area contributed by atoms with Gasteiger partial charge in [0.15, 0.2) is 0 Å². The van der Waals surface area contributed by atoms with Crippen LogP contribution < -0.4 is 5.32 Å². The van der Waals surface area contributed by atoms with Gasteiger partial charge in [-0.1, -0.05) is 13.8 Å². The molecular formula is C12H23N3S. The fourth-order valence-electron chi connectivity index (χ4n) is 1.64. The van der Waals surface area contributed by atoms with Crippen molar-refractivity contribution in [1.29, 1.82) is 0 Å². The van der Waals surface area contributed by atoms with Crippen molar-refractivity contribution >= 4 is 11.8 Å². The maximum absolute atomic E-state index is 4.24. The highest BCUT2D eigenvalue weighted by molar-refractivity contribution is 7.99. The zero-order valence-electron chi connectivity index (χ0n) is 10.6. The van der Waals surface area contributed by atoms with E-state index in [1.165, 1.54) is 24.3 Å². The highest BCUT2D eigenvalue weighted by Gasteiger charge is 2.13. The Labute approximate surface area is 103 Å². The molecule has 0 amide bonds. The Kier molecular flexibility index (Phi) is 6.57. The van der Waals surface area contributed by atoms with Crippen LogP contribution in [0.1, 0.15) is 38.4 Å². The SMILES string of the molecule is CCCNC(CSCCC)c1ccnn1C. The van der Waals surface area contributed by atoms with Crippen LogP contribution in [0.15, 0.2) is 12.3 Å². The Balaban J connectivity index is 2.53. The van der Waals surface area contributed by atoms with E-state index in [1.807, 2.05) is 29.7 Å². The van der Waals surface area contributed by atoms with Crippen LogP contribution in [0.4, 0.5) is 0 Å². The van der Waals surface area contributed by atoms with E-state index >= 15 is 0 Å². The van der Waals surface area contributed by atoms with Crippen molar-refractivity contribution in [3.05, 3.63) is 18.0 Å². The first kappa shape index (κ1) is 13.6. The summed E-state index contributed by atoms with van der Waals surface area (Å²) in [5.74, 6) is 2.37. The zero-order chi connectivity index (χ0) is 11.8. The van der Waals surface area contributed by atoms with Gasteiger partial charge in [-0.15, -0.1) is 0 Å². The number of nitrogens with one attached hydrogen (secondary N) is 1. The summed E-state index contributed by atoms with van der Waals surface area (Å²) in [5.41, 5.74) is 1.29. The van der Waals surface area contributed by atoms with Gasteiger partial charge in [-0.2, -0.15) is 16.9 Å². The maximum Gasteiger partial charge on any atom is 0.0583 e. The molecule has 1 rings (SSSR count). The van der Waals surface area contributed by atoms with Gasteiger partial charge in [0, 0.05) is 19.0 Å². The first-order chi connectivity index (χ1) is 7.79. The smallest absolute Gasteiger partial charge is 0.0583 e. The fraction of sp³-hybridized carbons (Fsp3) is 0.750. The average Bonchev–Trinajstić information content (AvgIpc) is 2.70. The van der Waals surface area contributed by atoms with Gasteiger partial charge in [0.05, 0.1) is 11.7 Å². The number of aryl methyl sites for hydroxylation is 1. The van der Waals surface area contributed by atoms with E-state index in [-0.39, 0.29) is 0 Å². The number of hydrogen-bond acceptors (Lipinski definition) is 3. The molecule has 1 atom stereocenters. The molecule has 16 heavy (non-hydrogen) atoms. The lowest BCUT2D eigenvalue weighted by molar-refractivity contribution is 0.535. The Morgan fingerprint density at radius 2 is 2.25 bits per heavy atom. The molecule has 1 unspecified atom stereocenters. The van der Waals surface area contributed by atoms with Crippen molar-refractivity contribution in [3.8, 4) is 0 Å². The summed E-state index contributed by atoms with van der Waals surface area (Å²) in [7, 11) is 2.01. The molecule has 0 fully saturated rings. The van der Waals surface area contributed by atoms with Crippen LogP contribution in [0.5, 0.6) is 0 Å². The second kappa shape index (κ2) is 7.74. The molecule has 0 aliphatic carbocycles. The summed E-state index contributed by atoms with van der Waals surface area (Å²) < 4.78 is 1.97. The third kappa shape index (κ3) is 4.18. The van der Waals surface area contributed by atoms with E-state index < -0.39 is 0 Å². The summed E-state index contributed by atoms with van der Waals surface area (Å²) in [5, 5.41) is 7.83. The Hall–Kier alpha value is -0.480. The van der Waals surface area contributed by atoms with Gasteiger partial charge < -0.3 is 5.32 Å². The lowest BCUT2D eigenvalue weighted by Gasteiger charge is -2.18. The van der Waals surface area contributed by atoms with Crippen molar-refractivity contribution in [2.75, 3.05) is 18.1 Å². The normalized spacial score (nSPS) is 12.9. The van der Waals surface area contributed by atoms with Crippen LogP contribution in [0, 0.1) is 0 Å². The molecule has 0 aliphatic rings. The molecule has 4 heteroatoms. The molecule has 1 aromatic heterocycles. The first-order valence-corrected chi connectivity index (χ1v) is 7.24. The van der Waals surface area contributed by atoms with Crippen molar-refractivity contribution in [2.24, 2.45) is 7.05 Å². The molecule has 92 valence electrons. The molecule has 0 radical (unpaired) electrons. The minimum absolute atomic E-state index is 0.434. The minimum Gasteiger partial charge on any atom is -0.308 e. The second-order valence-electron chi connectivity index (χ2n) is 3.96. The Morgan fingerprint density at radius 3 is 2.81 bits per heavy atom. The quantitative estimate of drug-likeness (QED) is 0.710. The number of hydrogen-bond donors (Lipinski definition) is 1. The van der Waals surface area contributed by atoms with Crippen LogP contribution in [0.25, 0.3) is 0 Å². The molecule has 0 spiro atoms. The monoisotopic (exact) mass is 241 g/mol.